The Labute approximate surface area is 119 Å². The van der Waals surface area contributed by atoms with Crippen LogP contribution in [0.2, 0.25) is 5.02 Å². The van der Waals surface area contributed by atoms with E-state index in [0.717, 1.165) is 31.2 Å². The monoisotopic (exact) mass is 283 g/mol. The van der Waals surface area contributed by atoms with E-state index in [4.69, 9.17) is 11.6 Å². The average Bonchev–Trinajstić information content (AvgIpc) is 2.59. The van der Waals surface area contributed by atoms with E-state index in [0.29, 0.717) is 18.1 Å². The predicted molar refractivity (Wildman–Crippen MR) is 77.5 cm³/mol. The Hall–Kier alpha value is -0.770. The summed E-state index contributed by atoms with van der Waals surface area (Å²) < 4.78 is 0. The second kappa shape index (κ2) is 6.60. The van der Waals surface area contributed by atoms with Crippen LogP contribution < -0.4 is 5.32 Å². The molecule has 4 heteroatoms. The minimum atomic E-state index is -0.558. The number of phenols is 1. The number of halogens is 1. The van der Waals surface area contributed by atoms with Crippen LogP contribution in [0, 0.1) is 0 Å². The van der Waals surface area contributed by atoms with Crippen LogP contribution in [0.3, 0.4) is 0 Å². The summed E-state index contributed by atoms with van der Waals surface area (Å²) in [6.45, 7) is 1.27. The van der Waals surface area contributed by atoms with Crippen molar-refractivity contribution in [1.82, 2.24) is 5.32 Å². The molecule has 1 aliphatic carbocycles. The van der Waals surface area contributed by atoms with Gasteiger partial charge in [0.2, 0.25) is 0 Å². The maximum Gasteiger partial charge on any atom is 0.134 e. The molecule has 1 aromatic rings. The summed E-state index contributed by atoms with van der Waals surface area (Å²) in [5, 5.41) is 23.5. The zero-order valence-electron chi connectivity index (χ0n) is 11.2. The molecule has 0 bridgehead atoms. The molecule has 0 heterocycles. The molecule has 106 valence electrons. The summed E-state index contributed by atoms with van der Waals surface area (Å²) in [4.78, 5) is 0. The molecule has 1 aromatic carbocycles. The Balaban J connectivity index is 1.83. The number of hydrogen-bond acceptors (Lipinski definition) is 3. The maximum atomic E-state index is 10.5. The minimum Gasteiger partial charge on any atom is -0.506 e. The molecule has 1 fully saturated rings. The second-order valence-electron chi connectivity index (χ2n) is 5.53. The molecule has 1 aliphatic rings. The van der Waals surface area contributed by atoms with E-state index in [1.165, 1.54) is 12.8 Å². The first-order valence-electron chi connectivity index (χ1n) is 7.00. The molecule has 3 N–H and O–H groups in total. The summed E-state index contributed by atoms with van der Waals surface area (Å²) in [6, 6.07) is 5.19. The smallest absolute Gasteiger partial charge is 0.134 e. The van der Waals surface area contributed by atoms with Gasteiger partial charge in [0, 0.05) is 13.1 Å². The highest BCUT2D eigenvalue weighted by Crippen LogP contribution is 2.27. The minimum absolute atomic E-state index is 0.104. The number of aliphatic hydroxyl groups is 1. The lowest BCUT2D eigenvalue weighted by Gasteiger charge is -2.27. The maximum absolute atomic E-state index is 10.5. The summed E-state index contributed by atoms with van der Waals surface area (Å²) >= 11 is 5.86. The van der Waals surface area contributed by atoms with Crippen LogP contribution in [0.25, 0.3) is 0 Å². The van der Waals surface area contributed by atoms with Crippen molar-refractivity contribution < 1.29 is 10.2 Å². The van der Waals surface area contributed by atoms with Gasteiger partial charge in [0.05, 0.1) is 10.6 Å². The molecule has 2 rings (SSSR count). The Morgan fingerprint density at radius 1 is 1.16 bits per heavy atom. The number of aromatic hydroxyl groups is 1. The molecule has 0 spiro atoms. The van der Waals surface area contributed by atoms with Gasteiger partial charge >= 0.3 is 0 Å². The zero-order valence-corrected chi connectivity index (χ0v) is 11.9. The zero-order chi connectivity index (χ0) is 13.7. The largest absolute Gasteiger partial charge is 0.506 e. The van der Waals surface area contributed by atoms with Crippen LogP contribution in [-0.4, -0.2) is 22.4 Å². The first kappa shape index (κ1) is 14.6. The molecule has 0 unspecified atom stereocenters. The van der Waals surface area contributed by atoms with Gasteiger partial charge in [0.25, 0.3) is 0 Å². The third-order valence-corrected chi connectivity index (χ3v) is 4.13. The van der Waals surface area contributed by atoms with Crippen LogP contribution >= 0.6 is 11.6 Å². The Morgan fingerprint density at radius 3 is 2.47 bits per heavy atom. The van der Waals surface area contributed by atoms with E-state index in [9.17, 15) is 10.2 Å². The average molecular weight is 284 g/mol. The van der Waals surface area contributed by atoms with Gasteiger partial charge in [-0.15, -0.1) is 0 Å². The summed E-state index contributed by atoms with van der Waals surface area (Å²) in [7, 11) is 0. The number of benzene rings is 1. The predicted octanol–water partition coefficient (Wildman–Crippen LogP) is 3.22. The van der Waals surface area contributed by atoms with E-state index in [1.807, 2.05) is 6.07 Å². The van der Waals surface area contributed by atoms with Crippen molar-refractivity contribution in [2.75, 3.05) is 6.54 Å². The van der Waals surface area contributed by atoms with Crippen LogP contribution in [0.1, 0.15) is 44.1 Å². The van der Waals surface area contributed by atoms with Crippen LogP contribution in [0.15, 0.2) is 18.2 Å². The molecule has 3 nitrogen and oxygen atoms in total. The van der Waals surface area contributed by atoms with Crippen molar-refractivity contribution in [3.05, 3.63) is 28.8 Å². The summed E-state index contributed by atoms with van der Waals surface area (Å²) in [5.41, 5.74) is 0.456. The lowest BCUT2D eigenvalue weighted by Crippen LogP contribution is -2.39. The molecule has 1 saturated carbocycles. The fraction of sp³-hybridized carbons (Fsp3) is 0.600. The van der Waals surface area contributed by atoms with E-state index < -0.39 is 5.60 Å². The second-order valence-corrected chi connectivity index (χ2v) is 5.94. The van der Waals surface area contributed by atoms with Crippen LogP contribution in [0.4, 0.5) is 0 Å². The lowest BCUT2D eigenvalue weighted by molar-refractivity contribution is 0.0250. The van der Waals surface area contributed by atoms with Gasteiger partial charge in [-0.1, -0.05) is 43.4 Å². The molecule has 19 heavy (non-hydrogen) atoms. The van der Waals surface area contributed by atoms with Gasteiger partial charge in [-0.3, -0.25) is 0 Å². The molecule has 0 radical (unpaired) electrons. The molecule has 0 amide bonds. The Morgan fingerprint density at radius 2 is 1.84 bits per heavy atom. The number of nitrogens with one attached hydrogen (secondary N) is 1. The SMILES string of the molecule is Oc1ccc(CNCC2(O)CCCCCC2)cc1Cl. The first-order valence-corrected chi connectivity index (χ1v) is 7.37. The van der Waals surface area contributed by atoms with E-state index >= 15 is 0 Å². The number of phenolic OH excluding ortho intramolecular Hbond substituents is 1. The highest BCUT2D eigenvalue weighted by molar-refractivity contribution is 6.32. The fourth-order valence-corrected chi connectivity index (χ4v) is 2.87. The molecule has 0 atom stereocenters. The topological polar surface area (TPSA) is 52.5 Å². The van der Waals surface area contributed by atoms with Gasteiger partial charge in [0.1, 0.15) is 5.75 Å². The van der Waals surface area contributed by atoms with Crippen LogP contribution in [0.5, 0.6) is 5.75 Å². The van der Waals surface area contributed by atoms with Gasteiger partial charge < -0.3 is 15.5 Å². The summed E-state index contributed by atoms with van der Waals surface area (Å²) in [5.74, 6) is 0.104. The highest BCUT2D eigenvalue weighted by Gasteiger charge is 2.27. The third-order valence-electron chi connectivity index (χ3n) is 3.83. The Kier molecular flexibility index (Phi) is 5.08. The fourth-order valence-electron chi connectivity index (χ4n) is 2.66. The first-order chi connectivity index (χ1) is 9.09. The highest BCUT2D eigenvalue weighted by atomic mass is 35.5. The van der Waals surface area contributed by atoms with Crippen molar-refractivity contribution in [3.8, 4) is 5.75 Å². The molecular formula is C15H22ClNO2. The van der Waals surface area contributed by atoms with Crippen molar-refractivity contribution in [3.63, 3.8) is 0 Å². The van der Waals surface area contributed by atoms with Crippen molar-refractivity contribution >= 4 is 11.6 Å². The molecule has 0 aromatic heterocycles. The molecular weight excluding hydrogens is 262 g/mol. The van der Waals surface area contributed by atoms with Gasteiger partial charge in [-0.2, -0.15) is 0 Å². The van der Waals surface area contributed by atoms with Crippen molar-refractivity contribution in [2.24, 2.45) is 0 Å². The van der Waals surface area contributed by atoms with Gasteiger partial charge in [0.15, 0.2) is 0 Å². The number of rotatable bonds is 4. The third kappa shape index (κ3) is 4.37. The lowest BCUT2D eigenvalue weighted by atomic mass is 9.94. The molecule has 0 saturated heterocycles. The van der Waals surface area contributed by atoms with Crippen LogP contribution in [-0.2, 0) is 6.54 Å². The number of hydrogen-bond donors (Lipinski definition) is 3. The van der Waals surface area contributed by atoms with Crippen molar-refractivity contribution in [1.29, 1.82) is 0 Å². The van der Waals surface area contributed by atoms with E-state index in [-0.39, 0.29) is 5.75 Å². The molecule has 0 aliphatic heterocycles. The van der Waals surface area contributed by atoms with E-state index in [1.54, 1.807) is 12.1 Å². The van der Waals surface area contributed by atoms with Gasteiger partial charge in [-0.25, -0.2) is 0 Å². The van der Waals surface area contributed by atoms with E-state index in [2.05, 4.69) is 5.32 Å². The quantitative estimate of drug-likeness (QED) is 0.744. The van der Waals surface area contributed by atoms with Crippen molar-refractivity contribution in [2.45, 2.75) is 50.7 Å². The van der Waals surface area contributed by atoms with Gasteiger partial charge in [-0.05, 0) is 30.5 Å². The normalized spacial score (nSPS) is 19.1. The Bertz CT molecular complexity index is 415. The standard InChI is InChI=1S/C15H22ClNO2/c16-13-9-12(5-6-14(13)18)10-17-11-15(19)7-3-1-2-4-8-15/h5-6,9,17-19H,1-4,7-8,10-11H2. The summed E-state index contributed by atoms with van der Waals surface area (Å²) in [6.07, 6.45) is 6.46.